The summed E-state index contributed by atoms with van der Waals surface area (Å²) >= 11 is 0. The largest absolute Gasteiger partial charge is 0.477 e. The molecule has 116 heavy (non-hydrogen) atoms. The van der Waals surface area contributed by atoms with E-state index in [1.807, 2.05) is 0 Å². The van der Waals surface area contributed by atoms with Crippen LogP contribution in [0.2, 0.25) is 0 Å². The lowest BCUT2D eigenvalue weighted by atomic mass is 9.88. The highest BCUT2D eigenvalue weighted by Gasteiger charge is 2.63. The van der Waals surface area contributed by atoms with Crippen molar-refractivity contribution in [2.45, 2.75) is 330 Å². The van der Waals surface area contributed by atoms with E-state index in [2.05, 4.69) is 21.3 Å². The minimum Gasteiger partial charge on any atom is -0.477 e. The fourth-order valence-electron chi connectivity index (χ4n) is 15.1. The van der Waals surface area contributed by atoms with Gasteiger partial charge in [0.05, 0.1) is 70.6 Å². The van der Waals surface area contributed by atoms with Crippen molar-refractivity contribution < 1.29 is 232 Å². The molecule has 46 atom stereocenters. The first-order valence-corrected chi connectivity index (χ1v) is 37.0. The molecule has 46 unspecified atom stereocenters. The van der Waals surface area contributed by atoms with Gasteiger partial charge >= 0.3 is 5.97 Å². The number of hydrogen-bond acceptors (Lipinski definition) is 46. The number of carboxylic acid groups (broad SMARTS) is 1. The molecule has 670 valence electrons. The molecular formula is C65H108N4O47. The quantitative estimate of drug-likeness (QED) is 0.0318. The first kappa shape index (κ1) is 95.5. The second kappa shape index (κ2) is 40.8. The number of aliphatic hydroxyl groups excluding tert-OH is 24. The maximum absolute atomic E-state index is 13.5. The highest BCUT2D eigenvalue weighted by molar-refractivity contribution is 5.77. The molecule has 9 heterocycles. The van der Waals surface area contributed by atoms with Crippen LogP contribution in [-0.2, 0) is 104 Å². The number of carbonyl (C=O) groups is 5. The van der Waals surface area contributed by atoms with Gasteiger partial charge in [0.1, 0.15) is 201 Å². The number of aliphatic carboxylic acids is 1. The van der Waals surface area contributed by atoms with E-state index in [9.17, 15) is 152 Å². The van der Waals surface area contributed by atoms with Gasteiger partial charge in [-0.05, 0) is 13.8 Å². The summed E-state index contributed by atoms with van der Waals surface area (Å²) in [5.41, 5.74) is 0. The molecule has 9 aliphatic heterocycles. The van der Waals surface area contributed by atoms with Crippen molar-refractivity contribution in [3.8, 4) is 0 Å². The van der Waals surface area contributed by atoms with Gasteiger partial charge in [-0.15, -0.1) is 0 Å². The maximum Gasteiger partial charge on any atom is 0.364 e. The predicted molar refractivity (Wildman–Crippen MR) is 358 cm³/mol. The Labute approximate surface area is 657 Å². The molecule has 0 aromatic rings. The van der Waals surface area contributed by atoms with Gasteiger partial charge in [-0.25, -0.2) is 4.79 Å². The molecule has 0 bridgehead atoms. The highest BCUT2D eigenvalue weighted by atomic mass is 16.8. The molecular weight excluding hydrogens is 1590 g/mol. The summed E-state index contributed by atoms with van der Waals surface area (Å²) in [6, 6.07) is -7.47. The molecule has 9 saturated heterocycles. The Kier molecular flexibility index (Phi) is 33.6. The van der Waals surface area contributed by atoms with Crippen LogP contribution in [0.3, 0.4) is 0 Å². The normalized spacial score (nSPS) is 48.2. The average Bonchev–Trinajstić information content (AvgIpc) is 0.760. The van der Waals surface area contributed by atoms with E-state index < -0.39 is 364 Å². The Morgan fingerprint density at radius 1 is 0.362 bits per heavy atom. The minimum atomic E-state index is -3.06. The van der Waals surface area contributed by atoms with Crippen LogP contribution in [0.4, 0.5) is 0 Å². The summed E-state index contributed by atoms with van der Waals surface area (Å²) in [7, 11) is 0. The summed E-state index contributed by atoms with van der Waals surface area (Å²) < 4.78 is 101. The highest BCUT2D eigenvalue weighted by Crippen LogP contribution is 2.42. The SMILES string of the molecule is CC(=O)NC1C(OC2C(O)C(CO)OC(OC3C(CO)OC(OC4C(O)C(CO)OC(OC5C(CO)OC(O)C(NC(C)=O)C5OC5OC(C)C(O)C(O)C5O)C4O)C(NC(C)=O)C3OC3OC(C)C(O)C(O)C3O)C2O)OC(CO)C(OC2OC(COC3(C(=O)O)CC(O)C(NC(C)=O)C(C(O)C(O)CO)O3)C(O)C(O)C2O)C1O. The van der Waals surface area contributed by atoms with Crippen molar-refractivity contribution in [1.29, 1.82) is 0 Å². The number of rotatable bonds is 30. The number of carbonyl (C=O) groups excluding carboxylic acids is 4. The van der Waals surface area contributed by atoms with Gasteiger partial charge in [0, 0.05) is 34.1 Å². The first-order valence-electron chi connectivity index (χ1n) is 37.0. The molecule has 0 aliphatic carbocycles. The van der Waals surface area contributed by atoms with Gasteiger partial charge in [-0.3, -0.25) is 19.2 Å². The van der Waals surface area contributed by atoms with Crippen LogP contribution in [0, 0.1) is 0 Å². The second-order valence-electron chi connectivity index (χ2n) is 29.6. The summed E-state index contributed by atoms with van der Waals surface area (Å²) in [5.74, 6) is -8.77. The fraction of sp³-hybridized carbons (Fsp3) is 0.923. The van der Waals surface area contributed by atoms with Crippen LogP contribution in [0.1, 0.15) is 48.0 Å². The van der Waals surface area contributed by atoms with Crippen molar-refractivity contribution in [3.05, 3.63) is 0 Å². The molecule has 51 nitrogen and oxygen atoms in total. The van der Waals surface area contributed by atoms with Crippen LogP contribution in [0.15, 0.2) is 0 Å². The average molecular weight is 1700 g/mol. The van der Waals surface area contributed by atoms with Crippen molar-refractivity contribution in [2.75, 3.05) is 46.2 Å². The van der Waals surface area contributed by atoms with Crippen molar-refractivity contribution in [3.63, 3.8) is 0 Å². The van der Waals surface area contributed by atoms with E-state index in [1.165, 1.54) is 13.8 Å². The van der Waals surface area contributed by atoms with Gasteiger partial charge < -0.3 is 229 Å². The molecule has 29 N–H and O–H groups in total. The van der Waals surface area contributed by atoms with E-state index in [0.717, 1.165) is 27.7 Å². The molecule has 0 aromatic heterocycles. The lowest BCUT2D eigenvalue weighted by Crippen LogP contribution is -2.72. The van der Waals surface area contributed by atoms with Crippen molar-refractivity contribution in [2.24, 2.45) is 0 Å². The van der Waals surface area contributed by atoms with Crippen LogP contribution < -0.4 is 21.3 Å². The summed E-state index contributed by atoms with van der Waals surface area (Å²) in [5, 5.41) is 287. The Bertz CT molecular complexity index is 3170. The Balaban J connectivity index is 0.983. The van der Waals surface area contributed by atoms with Crippen molar-refractivity contribution in [1.82, 2.24) is 21.3 Å². The van der Waals surface area contributed by atoms with E-state index >= 15 is 0 Å². The zero-order chi connectivity index (χ0) is 85.9. The molecule has 0 aromatic carbocycles. The Morgan fingerprint density at radius 3 is 1.15 bits per heavy atom. The molecule has 0 saturated carbocycles. The smallest absolute Gasteiger partial charge is 0.364 e. The summed E-state index contributed by atoms with van der Waals surface area (Å²) in [6.45, 7) is -1.96. The topological polar surface area (TPSA) is 796 Å². The molecule has 0 spiro atoms. The van der Waals surface area contributed by atoms with Gasteiger partial charge in [0.25, 0.3) is 5.79 Å². The predicted octanol–water partition coefficient (Wildman–Crippen LogP) is -18.8. The van der Waals surface area contributed by atoms with Crippen LogP contribution >= 0.6 is 0 Å². The third kappa shape index (κ3) is 20.8. The van der Waals surface area contributed by atoms with Gasteiger partial charge in [0.15, 0.2) is 50.3 Å². The molecule has 0 radical (unpaired) electrons. The van der Waals surface area contributed by atoms with E-state index in [4.69, 9.17) is 80.5 Å². The maximum atomic E-state index is 13.5. The van der Waals surface area contributed by atoms with Crippen LogP contribution in [0.5, 0.6) is 0 Å². The standard InChI is InChI=1S/C65H108N4O47/c1-15-33(82)40(89)43(92)59(101-15)112-52-31(68-19(5)78)56(97)103-26(12-74)49(52)110-62-47(96)55(38(87)24(10-72)104-62)115-58-32(69-20(6)79)53(113-60-44(93)41(90)34(83)16(2)102-60)50(27(13-75)107-58)111-63-46(95)54(37(86)23(9-71)105-63)114-57-30(67-18(4)77)39(88)48(25(11-73)106-57)109-61-45(94)42(91)36(85)28(108-61)14-100-65(64(98)99)7-21(80)29(66-17(3)76)51(116-65)35(84)22(81)8-70/h15-16,21-63,70-75,80-97H,7-14H2,1-6H3,(H,66,76)(H,67,77)(H,68,78)(H,69,79)(H,98,99). The molecule has 4 amide bonds. The number of carboxylic acids is 1. The van der Waals surface area contributed by atoms with Crippen LogP contribution in [-0.4, -0.2) is 485 Å². The summed E-state index contributed by atoms with van der Waals surface area (Å²) in [6.07, 6.45) is -86.1. The zero-order valence-corrected chi connectivity index (χ0v) is 62.8. The Hall–Kier alpha value is -4.29. The molecule has 9 aliphatic rings. The van der Waals surface area contributed by atoms with Gasteiger partial charge in [0.2, 0.25) is 23.6 Å². The molecule has 9 rings (SSSR count). The lowest BCUT2D eigenvalue weighted by molar-refractivity contribution is -0.398. The van der Waals surface area contributed by atoms with Gasteiger partial charge in [-0.2, -0.15) is 0 Å². The number of ether oxygens (including phenoxy) is 17. The van der Waals surface area contributed by atoms with E-state index in [0.29, 0.717) is 0 Å². The third-order valence-corrected chi connectivity index (χ3v) is 21.3. The second-order valence-corrected chi connectivity index (χ2v) is 29.6. The Morgan fingerprint density at radius 2 is 0.707 bits per heavy atom. The molecule has 51 heteroatoms. The van der Waals surface area contributed by atoms with Crippen LogP contribution in [0.25, 0.3) is 0 Å². The minimum absolute atomic E-state index is 0.828. The molecule has 9 fully saturated rings. The monoisotopic (exact) mass is 1700 g/mol. The number of aliphatic hydroxyl groups is 24. The van der Waals surface area contributed by atoms with Gasteiger partial charge in [-0.1, -0.05) is 0 Å². The number of amides is 4. The van der Waals surface area contributed by atoms with E-state index in [1.54, 1.807) is 0 Å². The lowest BCUT2D eigenvalue weighted by Gasteiger charge is -2.52. The summed E-state index contributed by atoms with van der Waals surface area (Å²) in [4.78, 5) is 64.3. The van der Waals surface area contributed by atoms with Crippen molar-refractivity contribution >= 4 is 29.6 Å². The third-order valence-electron chi connectivity index (χ3n) is 21.3. The number of hydrogen-bond donors (Lipinski definition) is 29. The number of nitrogens with one attached hydrogen (secondary N) is 4. The first-order chi connectivity index (χ1) is 54.6. The fourth-order valence-corrected chi connectivity index (χ4v) is 15.1. The zero-order valence-electron chi connectivity index (χ0n) is 62.8. The van der Waals surface area contributed by atoms with E-state index in [-0.39, 0.29) is 0 Å².